The van der Waals surface area contributed by atoms with Crippen LogP contribution in [0.4, 0.5) is 8.78 Å². The monoisotopic (exact) mass is 332 g/mol. The molecule has 1 saturated heterocycles. The van der Waals surface area contributed by atoms with Crippen LogP contribution in [0.5, 0.6) is 0 Å². The van der Waals surface area contributed by atoms with Gasteiger partial charge in [-0.25, -0.2) is 21.9 Å². The van der Waals surface area contributed by atoms with Crippen molar-refractivity contribution in [3.63, 3.8) is 0 Å². The Bertz CT molecular complexity index is 622. The third kappa shape index (κ3) is 4.47. The highest BCUT2D eigenvalue weighted by Crippen LogP contribution is 2.18. The third-order valence-electron chi connectivity index (χ3n) is 3.81. The molecule has 0 aromatic heterocycles. The maximum atomic E-state index is 13.6. The fourth-order valence-electron chi connectivity index (χ4n) is 2.89. The standard InChI is InChI=1S/C15H22F2N2O2S/c1-11-4-3-7-19(9-11)10-12(2)18-22(20,21)15-8-13(16)5-6-14(15)17/h5-6,8,11-12,18H,3-4,7,9-10H2,1-2H3/t11-,12-/m0/s1. The highest BCUT2D eigenvalue weighted by atomic mass is 32.2. The number of halogens is 2. The molecule has 22 heavy (non-hydrogen) atoms. The molecule has 0 bridgehead atoms. The van der Waals surface area contributed by atoms with E-state index in [9.17, 15) is 17.2 Å². The van der Waals surface area contributed by atoms with Gasteiger partial charge in [-0.3, -0.25) is 0 Å². The molecule has 7 heteroatoms. The Hall–Kier alpha value is -1.05. The Kier molecular flexibility index (Phi) is 5.52. The predicted octanol–water partition coefficient (Wildman–Crippen LogP) is 2.36. The molecule has 4 nitrogen and oxygen atoms in total. The number of hydrogen-bond donors (Lipinski definition) is 1. The molecule has 0 spiro atoms. The fourth-order valence-corrected chi connectivity index (χ4v) is 4.21. The number of likely N-dealkylation sites (tertiary alicyclic amines) is 1. The van der Waals surface area contributed by atoms with Crippen LogP contribution in [0.1, 0.15) is 26.7 Å². The quantitative estimate of drug-likeness (QED) is 0.900. The molecule has 124 valence electrons. The number of piperidine rings is 1. The van der Waals surface area contributed by atoms with E-state index in [1.54, 1.807) is 6.92 Å². The molecule has 0 radical (unpaired) electrons. The fraction of sp³-hybridized carbons (Fsp3) is 0.600. The lowest BCUT2D eigenvalue weighted by Gasteiger charge is -2.32. The molecule has 2 atom stereocenters. The van der Waals surface area contributed by atoms with Crippen molar-refractivity contribution in [2.24, 2.45) is 5.92 Å². The van der Waals surface area contributed by atoms with Crippen LogP contribution in [0, 0.1) is 17.6 Å². The molecule has 1 aliphatic heterocycles. The number of nitrogens with zero attached hydrogens (tertiary/aromatic N) is 1. The lowest BCUT2D eigenvalue weighted by molar-refractivity contribution is 0.174. The molecule has 1 heterocycles. The van der Waals surface area contributed by atoms with Gasteiger partial charge in [0.15, 0.2) is 0 Å². The van der Waals surface area contributed by atoms with Crippen LogP contribution in [-0.2, 0) is 10.0 Å². The van der Waals surface area contributed by atoms with Gasteiger partial charge < -0.3 is 4.90 Å². The Labute approximate surface area is 130 Å². The van der Waals surface area contributed by atoms with Crippen LogP contribution in [0.15, 0.2) is 23.1 Å². The minimum atomic E-state index is -4.07. The van der Waals surface area contributed by atoms with E-state index in [0.717, 1.165) is 31.6 Å². The van der Waals surface area contributed by atoms with Crippen molar-refractivity contribution in [2.75, 3.05) is 19.6 Å². The summed E-state index contributed by atoms with van der Waals surface area (Å²) >= 11 is 0. The van der Waals surface area contributed by atoms with E-state index < -0.39 is 26.6 Å². The summed E-state index contributed by atoms with van der Waals surface area (Å²) in [5, 5.41) is 0. The molecule has 2 rings (SSSR count). The molecule has 0 saturated carbocycles. The minimum Gasteiger partial charge on any atom is -0.301 e. The second-order valence-corrected chi connectivity index (χ2v) is 7.79. The Morgan fingerprint density at radius 2 is 2.14 bits per heavy atom. The van der Waals surface area contributed by atoms with Gasteiger partial charge in [0, 0.05) is 19.1 Å². The van der Waals surface area contributed by atoms with Gasteiger partial charge in [-0.05, 0) is 50.4 Å². The summed E-state index contributed by atoms with van der Waals surface area (Å²) in [6.07, 6.45) is 2.28. The number of rotatable bonds is 5. The molecular formula is C15H22F2N2O2S. The topological polar surface area (TPSA) is 49.4 Å². The van der Waals surface area contributed by atoms with E-state index >= 15 is 0 Å². The van der Waals surface area contributed by atoms with Gasteiger partial charge in [0.1, 0.15) is 16.5 Å². The third-order valence-corrected chi connectivity index (χ3v) is 5.42. The van der Waals surface area contributed by atoms with Gasteiger partial charge >= 0.3 is 0 Å². The Balaban J connectivity index is 2.03. The molecular weight excluding hydrogens is 310 g/mol. The normalized spacial score (nSPS) is 21.7. The average Bonchev–Trinajstić information content (AvgIpc) is 2.40. The van der Waals surface area contributed by atoms with Gasteiger partial charge in [0.25, 0.3) is 0 Å². The number of benzene rings is 1. The zero-order valence-corrected chi connectivity index (χ0v) is 13.7. The van der Waals surface area contributed by atoms with Crippen LogP contribution in [0.25, 0.3) is 0 Å². The zero-order valence-electron chi connectivity index (χ0n) is 12.9. The smallest absolute Gasteiger partial charge is 0.243 e. The van der Waals surface area contributed by atoms with Crippen molar-refractivity contribution in [1.82, 2.24) is 9.62 Å². The summed E-state index contributed by atoms with van der Waals surface area (Å²) < 4.78 is 53.6. The first-order valence-corrected chi connectivity index (χ1v) is 8.96. The SMILES string of the molecule is C[C@H]1CCCN(C[C@H](C)NS(=O)(=O)c2cc(F)ccc2F)C1. The van der Waals surface area contributed by atoms with Gasteiger partial charge in [0.05, 0.1) is 0 Å². The van der Waals surface area contributed by atoms with Gasteiger partial charge in [-0.1, -0.05) is 6.92 Å². The molecule has 0 aliphatic carbocycles. The molecule has 1 fully saturated rings. The van der Waals surface area contributed by atoms with Crippen LogP contribution in [0.2, 0.25) is 0 Å². The Morgan fingerprint density at radius 3 is 2.82 bits per heavy atom. The van der Waals surface area contributed by atoms with Crippen molar-refractivity contribution in [3.05, 3.63) is 29.8 Å². The van der Waals surface area contributed by atoms with Gasteiger partial charge in [-0.15, -0.1) is 0 Å². The van der Waals surface area contributed by atoms with Crippen LogP contribution < -0.4 is 4.72 Å². The Morgan fingerprint density at radius 1 is 1.41 bits per heavy atom. The summed E-state index contributed by atoms with van der Waals surface area (Å²) in [7, 11) is -4.07. The summed E-state index contributed by atoms with van der Waals surface area (Å²) in [5.74, 6) is -1.13. The van der Waals surface area contributed by atoms with E-state index in [2.05, 4.69) is 16.5 Å². The summed E-state index contributed by atoms with van der Waals surface area (Å²) in [6.45, 7) is 6.32. The van der Waals surface area contributed by atoms with E-state index in [1.807, 2.05) is 0 Å². The largest absolute Gasteiger partial charge is 0.301 e. The second kappa shape index (κ2) is 7.02. The number of nitrogens with one attached hydrogen (secondary N) is 1. The maximum Gasteiger partial charge on any atom is 0.243 e. The first-order chi connectivity index (χ1) is 10.3. The molecule has 0 amide bonds. The van der Waals surface area contributed by atoms with Crippen LogP contribution in [0.3, 0.4) is 0 Å². The van der Waals surface area contributed by atoms with E-state index in [1.165, 1.54) is 6.42 Å². The summed E-state index contributed by atoms with van der Waals surface area (Å²) in [4.78, 5) is 1.55. The highest BCUT2D eigenvalue weighted by Gasteiger charge is 2.24. The molecule has 0 unspecified atom stereocenters. The van der Waals surface area contributed by atoms with E-state index in [4.69, 9.17) is 0 Å². The van der Waals surface area contributed by atoms with Gasteiger partial charge in [0.2, 0.25) is 10.0 Å². The first-order valence-electron chi connectivity index (χ1n) is 7.47. The van der Waals surface area contributed by atoms with Crippen molar-refractivity contribution in [3.8, 4) is 0 Å². The molecule has 1 aromatic rings. The van der Waals surface area contributed by atoms with Crippen LogP contribution in [-0.4, -0.2) is 39.0 Å². The molecule has 1 N–H and O–H groups in total. The van der Waals surface area contributed by atoms with E-state index in [-0.39, 0.29) is 6.04 Å². The number of hydrogen-bond acceptors (Lipinski definition) is 3. The summed E-state index contributed by atoms with van der Waals surface area (Å²) in [5.41, 5.74) is 0. The van der Waals surface area contributed by atoms with Crippen molar-refractivity contribution in [2.45, 2.75) is 37.6 Å². The summed E-state index contributed by atoms with van der Waals surface area (Å²) in [6, 6.07) is 2.04. The molecule has 1 aliphatic rings. The molecule has 1 aromatic carbocycles. The zero-order chi connectivity index (χ0) is 16.3. The van der Waals surface area contributed by atoms with Crippen LogP contribution >= 0.6 is 0 Å². The maximum absolute atomic E-state index is 13.6. The van der Waals surface area contributed by atoms with Crippen molar-refractivity contribution < 1.29 is 17.2 Å². The average molecular weight is 332 g/mol. The highest BCUT2D eigenvalue weighted by molar-refractivity contribution is 7.89. The van der Waals surface area contributed by atoms with E-state index in [0.29, 0.717) is 18.5 Å². The lowest BCUT2D eigenvalue weighted by Crippen LogP contribution is -2.45. The second-order valence-electron chi connectivity index (χ2n) is 6.10. The van der Waals surface area contributed by atoms with Crippen molar-refractivity contribution >= 4 is 10.0 Å². The first kappa shape index (κ1) is 17.3. The number of sulfonamides is 1. The minimum absolute atomic E-state index is 0.377. The van der Waals surface area contributed by atoms with Gasteiger partial charge in [-0.2, -0.15) is 0 Å². The lowest BCUT2D eigenvalue weighted by atomic mass is 10.00. The predicted molar refractivity (Wildman–Crippen MR) is 81.0 cm³/mol. The van der Waals surface area contributed by atoms with Crippen molar-refractivity contribution in [1.29, 1.82) is 0 Å².